The summed E-state index contributed by atoms with van der Waals surface area (Å²) in [5.41, 5.74) is 6.23. The van der Waals surface area contributed by atoms with Crippen molar-refractivity contribution in [1.29, 1.82) is 0 Å². The van der Waals surface area contributed by atoms with Crippen molar-refractivity contribution in [2.45, 2.75) is 89.4 Å². The van der Waals surface area contributed by atoms with Gasteiger partial charge in [0.2, 0.25) is 5.91 Å². The summed E-state index contributed by atoms with van der Waals surface area (Å²) in [6, 6.07) is 28.2. The number of fused-ring (bicyclic) bond motifs is 6. The van der Waals surface area contributed by atoms with Crippen molar-refractivity contribution in [3.05, 3.63) is 108 Å². The number of hydrogen-bond acceptors (Lipinski definition) is 9. The van der Waals surface area contributed by atoms with Crippen LogP contribution in [0.25, 0.3) is 54.7 Å². The Morgan fingerprint density at radius 3 is 1.87 bits per heavy atom. The van der Waals surface area contributed by atoms with Crippen molar-refractivity contribution in [2.24, 2.45) is 17.8 Å². The molecule has 10 rings (SSSR count). The molecule has 0 unspecified atom stereocenters. The van der Waals surface area contributed by atoms with Crippen LogP contribution in [0.2, 0.25) is 0 Å². The van der Waals surface area contributed by atoms with Crippen LogP contribution in [0.4, 0.5) is 9.59 Å². The third kappa shape index (κ3) is 9.38. The summed E-state index contributed by atoms with van der Waals surface area (Å²) >= 11 is 0. The van der Waals surface area contributed by atoms with E-state index in [2.05, 4.69) is 75.2 Å². The van der Waals surface area contributed by atoms with Crippen molar-refractivity contribution in [1.82, 2.24) is 40.4 Å². The fourth-order valence-corrected chi connectivity index (χ4v) is 11.1. The summed E-state index contributed by atoms with van der Waals surface area (Å²) in [5, 5.41) is 9.61. The number of aromatic amines is 2. The number of methoxy groups -OCH3 is 2. The SMILES string of the molecule is COC(=O)N[C@H](C(=O)N1CCC[C@H]1c1nc2c(ccc3cc(-c4ccc5c(ccc6[nH]c([C@@H]7C[C@H](COCC8CCCCC8)CN7C(=O)[C@H](NC(=O)OC)c7ccccc7)nc65)c4)ccc32)[nH]1)C(C)C. The Balaban J connectivity index is 0.913. The number of carbonyl (C=O) groups is 4. The fraction of sp³-hybridized carbons (Fsp3) is 0.418. The Kier molecular flexibility index (Phi) is 13.4. The molecule has 0 spiro atoms. The number of carbonyl (C=O) groups excluding carboxylic acids is 4. The third-order valence-corrected chi connectivity index (χ3v) is 14.8. The molecule has 3 fully saturated rings. The predicted octanol–water partition coefficient (Wildman–Crippen LogP) is 10.0. The summed E-state index contributed by atoms with van der Waals surface area (Å²) < 4.78 is 16.2. The average molecular weight is 947 g/mol. The summed E-state index contributed by atoms with van der Waals surface area (Å²) in [6.45, 7) is 6.16. The van der Waals surface area contributed by atoms with E-state index < -0.39 is 24.3 Å². The summed E-state index contributed by atoms with van der Waals surface area (Å²) in [5.74, 6) is 1.61. The molecule has 364 valence electrons. The molecule has 70 heavy (non-hydrogen) atoms. The van der Waals surface area contributed by atoms with Crippen LogP contribution < -0.4 is 10.6 Å². The topological polar surface area (TPSA) is 184 Å². The number of benzene rings is 5. The molecule has 7 aromatic rings. The number of aromatic nitrogens is 4. The van der Waals surface area contributed by atoms with E-state index in [1.165, 1.54) is 46.3 Å². The molecular formula is C55H62N8O7. The number of amides is 4. The monoisotopic (exact) mass is 946 g/mol. The second-order valence-electron chi connectivity index (χ2n) is 19.7. The van der Waals surface area contributed by atoms with Crippen molar-refractivity contribution >= 4 is 67.6 Å². The lowest BCUT2D eigenvalue weighted by atomic mass is 9.90. The molecule has 5 aromatic carbocycles. The lowest BCUT2D eigenvalue weighted by molar-refractivity contribution is -0.136. The van der Waals surface area contributed by atoms with E-state index in [1.807, 2.05) is 60.0 Å². The molecule has 2 saturated heterocycles. The number of ether oxygens (including phenoxy) is 3. The molecule has 0 bridgehead atoms. The van der Waals surface area contributed by atoms with E-state index in [0.29, 0.717) is 43.4 Å². The smallest absolute Gasteiger partial charge is 0.407 e. The number of likely N-dealkylation sites (tertiary alicyclic amines) is 2. The number of nitrogens with one attached hydrogen (secondary N) is 4. The molecule has 1 aliphatic carbocycles. The van der Waals surface area contributed by atoms with E-state index in [9.17, 15) is 19.2 Å². The summed E-state index contributed by atoms with van der Waals surface area (Å²) in [6.07, 6.45) is 7.18. The molecule has 1 saturated carbocycles. The first-order valence-corrected chi connectivity index (χ1v) is 24.8. The zero-order valence-electron chi connectivity index (χ0n) is 40.3. The maximum Gasteiger partial charge on any atom is 0.407 e. The zero-order valence-corrected chi connectivity index (χ0v) is 40.3. The fourth-order valence-electron chi connectivity index (χ4n) is 11.1. The van der Waals surface area contributed by atoms with Crippen LogP contribution in [0.5, 0.6) is 0 Å². The Labute approximate surface area is 407 Å². The quantitative estimate of drug-likeness (QED) is 0.0874. The first-order chi connectivity index (χ1) is 34.1. The number of hydrogen-bond donors (Lipinski definition) is 4. The van der Waals surface area contributed by atoms with Crippen molar-refractivity contribution in [3.8, 4) is 11.1 Å². The minimum Gasteiger partial charge on any atom is -0.453 e. The summed E-state index contributed by atoms with van der Waals surface area (Å²) in [4.78, 5) is 74.4. The highest BCUT2D eigenvalue weighted by atomic mass is 16.5. The van der Waals surface area contributed by atoms with Crippen LogP contribution >= 0.6 is 0 Å². The number of rotatable bonds is 13. The number of alkyl carbamates (subject to hydrolysis) is 2. The van der Waals surface area contributed by atoms with Gasteiger partial charge in [-0.3, -0.25) is 9.59 Å². The van der Waals surface area contributed by atoms with Gasteiger partial charge in [-0.05, 0) is 95.7 Å². The highest BCUT2D eigenvalue weighted by Crippen LogP contribution is 2.40. The van der Waals surface area contributed by atoms with Gasteiger partial charge in [0.15, 0.2) is 0 Å². The molecule has 4 amide bonds. The maximum atomic E-state index is 14.7. The zero-order chi connectivity index (χ0) is 48.5. The van der Waals surface area contributed by atoms with E-state index >= 15 is 0 Å². The maximum absolute atomic E-state index is 14.7. The van der Waals surface area contributed by atoms with Gasteiger partial charge in [0.1, 0.15) is 23.7 Å². The van der Waals surface area contributed by atoms with Crippen LogP contribution in [-0.2, 0) is 23.8 Å². The average Bonchev–Trinajstić information content (AvgIpc) is 4.23. The number of nitrogens with zero attached hydrogens (tertiary/aromatic N) is 4. The van der Waals surface area contributed by atoms with Crippen molar-refractivity contribution < 1.29 is 33.4 Å². The second-order valence-corrected chi connectivity index (χ2v) is 19.7. The Hall–Kier alpha value is -7.00. The van der Waals surface area contributed by atoms with E-state index in [1.54, 1.807) is 0 Å². The molecule has 15 nitrogen and oxygen atoms in total. The number of imidazole rings is 2. The molecule has 4 heterocycles. The van der Waals surface area contributed by atoms with Gasteiger partial charge in [-0.15, -0.1) is 0 Å². The minimum absolute atomic E-state index is 0.0851. The van der Waals surface area contributed by atoms with Crippen LogP contribution in [0.3, 0.4) is 0 Å². The van der Waals surface area contributed by atoms with Crippen LogP contribution in [0.1, 0.15) is 101 Å². The standard InChI is InChI=1S/C55H62N8O7/c1-32(2)46(60-54(66)68-3)52(64)62-25-11-16-44(62)50-56-42-23-19-38-27-36(17-21-40(38)48(42)58-50)37-18-22-41-39(28-37)20-24-43-49(41)59-51(57-43)45-26-34(31-70-30-33-12-7-5-8-13-33)29-63(45)53(65)47(61-55(67)69-4)35-14-9-6-10-15-35/h6,9-10,14-15,17-24,27-28,32-34,44-47H,5,7-8,11-13,16,25-26,29-31H2,1-4H3,(H,56,58)(H,57,59)(H,60,66)(H,61,67)/t34-,44-,45-,46-,47+/m0/s1. The largest absolute Gasteiger partial charge is 0.453 e. The van der Waals surface area contributed by atoms with Gasteiger partial charge in [0, 0.05) is 36.4 Å². The van der Waals surface area contributed by atoms with E-state index in [-0.39, 0.29) is 35.7 Å². The first kappa shape index (κ1) is 46.7. The third-order valence-electron chi connectivity index (χ3n) is 14.8. The van der Waals surface area contributed by atoms with Gasteiger partial charge in [-0.1, -0.05) is 99.8 Å². The van der Waals surface area contributed by atoms with Crippen molar-refractivity contribution in [3.63, 3.8) is 0 Å². The molecule has 3 aliphatic rings. The van der Waals surface area contributed by atoms with Gasteiger partial charge in [0.05, 0.1) is 55.0 Å². The Bertz CT molecular complexity index is 3050. The van der Waals surface area contributed by atoms with E-state index in [4.69, 9.17) is 24.2 Å². The minimum atomic E-state index is -0.943. The van der Waals surface area contributed by atoms with Gasteiger partial charge < -0.3 is 44.6 Å². The number of H-pyrrole nitrogens is 2. The van der Waals surface area contributed by atoms with Crippen LogP contribution in [0, 0.1) is 17.8 Å². The normalized spacial score (nSPS) is 19.6. The van der Waals surface area contributed by atoms with Gasteiger partial charge in [0.25, 0.3) is 5.91 Å². The second kappa shape index (κ2) is 20.2. The molecule has 0 radical (unpaired) electrons. The highest BCUT2D eigenvalue weighted by molar-refractivity contribution is 6.07. The molecule has 2 aromatic heterocycles. The molecule has 5 atom stereocenters. The lowest BCUT2D eigenvalue weighted by Crippen LogP contribution is -2.51. The van der Waals surface area contributed by atoms with Gasteiger partial charge in [-0.25, -0.2) is 19.6 Å². The van der Waals surface area contributed by atoms with Gasteiger partial charge >= 0.3 is 12.2 Å². The van der Waals surface area contributed by atoms with Crippen molar-refractivity contribution in [2.75, 3.05) is 40.5 Å². The van der Waals surface area contributed by atoms with Gasteiger partial charge in [-0.2, -0.15) is 0 Å². The van der Waals surface area contributed by atoms with Crippen LogP contribution in [-0.4, -0.2) is 100 Å². The van der Waals surface area contributed by atoms with Crippen LogP contribution in [0.15, 0.2) is 91.0 Å². The highest BCUT2D eigenvalue weighted by Gasteiger charge is 2.42. The Morgan fingerprint density at radius 2 is 1.26 bits per heavy atom. The lowest BCUT2D eigenvalue weighted by Gasteiger charge is -2.29. The predicted molar refractivity (Wildman–Crippen MR) is 269 cm³/mol. The molecule has 2 aliphatic heterocycles. The first-order valence-electron chi connectivity index (χ1n) is 24.8. The van der Waals surface area contributed by atoms with E-state index in [0.717, 1.165) is 80.0 Å². The molecular weight excluding hydrogens is 885 g/mol. The molecule has 4 N–H and O–H groups in total. The summed E-state index contributed by atoms with van der Waals surface area (Å²) in [7, 11) is 2.60. The molecule has 15 heteroatoms. The Morgan fingerprint density at radius 1 is 0.657 bits per heavy atom.